The number of tetrazole rings is 1. The standard InChI is InChI=1S/C13H10F2N6O2/c14-7-1-2-8(9(15)5-7)10-6-16-12(23-10)4-3-11(22)17-13-18-20-21-19-13/h1-2,5-6H,3-4H2,(H2,17,18,19,20,21,22). The van der Waals surface area contributed by atoms with Crippen molar-refractivity contribution >= 4 is 11.9 Å². The maximum atomic E-state index is 13.7. The zero-order chi connectivity index (χ0) is 16.2. The molecule has 0 unspecified atom stereocenters. The highest BCUT2D eigenvalue weighted by Gasteiger charge is 2.13. The highest BCUT2D eigenvalue weighted by molar-refractivity contribution is 5.88. The lowest BCUT2D eigenvalue weighted by Gasteiger charge is -1.99. The molecule has 23 heavy (non-hydrogen) atoms. The first-order valence-electron chi connectivity index (χ1n) is 6.55. The molecular weight excluding hydrogens is 310 g/mol. The van der Waals surface area contributed by atoms with Crippen molar-refractivity contribution in [2.75, 3.05) is 5.32 Å². The van der Waals surface area contributed by atoms with E-state index in [0.717, 1.165) is 12.1 Å². The minimum atomic E-state index is -0.748. The van der Waals surface area contributed by atoms with Crippen LogP contribution in [0.5, 0.6) is 0 Å². The number of aromatic amines is 1. The van der Waals surface area contributed by atoms with E-state index < -0.39 is 11.6 Å². The van der Waals surface area contributed by atoms with Gasteiger partial charge in [-0.05, 0) is 17.3 Å². The number of carbonyl (C=O) groups excluding carboxylic acids is 1. The van der Waals surface area contributed by atoms with Crippen LogP contribution in [0.2, 0.25) is 0 Å². The number of benzene rings is 1. The molecular formula is C13H10F2N6O2. The largest absolute Gasteiger partial charge is 0.441 e. The van der Waals surface area contributed by atoms with Crippen LogP contribution in [0.1, 0.15) is 12.3 Å². The van der Waals surface area contributed by atoms with Crippen LogP contribution in [0.4, 0.5) is 14.7 Å². The molecule has 10 heteroatoms. The molecule has 2 heterocycles. The maximum absolute atomic E-state index is 13.7. The molecule has 2 N–H and O–H groups in total. The Morgan fingerprint density at radius 2 is 2.22 bits per heavy atom. The molecule has 0 aliphatic rings. The molecule has 0 aliphatic heterocycles. The summed E-state index contributed by atoms with van der Waals surface area (Å²) in [6.45, 7) is 0. The van der Waals surface area contributed by atoms with Gasteiger partial charge in [0.15, 0.2) is 11.7 Å². The zero-order valence-corrected chi connectivity index (χ0v) is 11.6. The summed E-state index contributed by atoms with van der Waals surface area (Å²) in [5.41, 5.74) is 0.0985. The lowest BCUT2D eigenvalue weighted by Crippen LogP contribution is -2.13. The summed E-state index contributed by atoms with van der Waals surface area (Å²) in [5, 5.41) is 15.1. The van der Waals surface area contributed by atoms with Crippen LogP contribution in [0.3, 0.4) is 0 Å². The first-order valence-corrected chi connectivity index (χ1v) is 6.55. The van der Waals surface area contributed by atoms with E-state index in [2.05, 4.69) is 30.9 Å². The van der Waals surface area contributed by atoms with Gasteiger partial charge in [0.2, 0.25) is 5.91 Å². The fourth-order valence-corrected chi connectivity index (χ4v) is 1.86. The van der Waals surface area contributed by atoms with Gasteiger partial charge >= 0.3 is 0 Å². The van der Waals surface area contributed by atoms with Gasteiger partial charge in [0, 0.05) is 18.9 Å². The third-order valence-electron chi connectivity index (χ3n) is 2.91. The second-order valence-corrected chi connectivity index (χ2v) is 4.53. The van der Waals surface area contributed by atoms with Crippen LogP contribution in [-0.4, -0.2) is 31.5 Å². The Bertz CT molecular complexity index is 818. The van der Waals surface area contributed by atoms with Gasteiger partial charge in [-0.1, -0.05) is 5.10 Å². The first-order chi connectivity index (χ1) is 11.1. The van der Waals surface area contributed by atoms with Crippen LogP contribution >= 0.6 is 0 Å². The smallest absolute Gasteiger partial charge is 0.269 e. The van der Waals surface area contributed by atoms with E-state index in [4.69, 9.17) is 4.42 Å². The van der Waals surface area contributed by atoms with Crippen LogP contribution in [0, 0.1) is 11.6 Å². The average Bonchev–Trinajstić information content (AvgIpc) is 3.17. The van der Waals surface area contributed by atoms with Crippen molar-refractivity contribution < 1.29 is 18.0 Å². The second-order valence-electron chi connectivity index (χ2n) is 4.53. The fraction of sp³-hybridized carbons (Fsp3) is 0.154. The number of anilines is 1. The lowest BCUT2D eigenvalue weighted by atomic mass is 10.2. The van der Waals surface area contributed by atoms with Crippen LogP contribution in [-0.2, 0) is 11.2 Å². The zero-order valence-electron chi connectivity index (χ0n) is 11.6. The molecule has 3 aromatic rings. The van der Waals surface area contributed by atoms with Crippen molar-refractivity contribution in [3.63, 3.8) is 0 Å². The monoisotopic (exact) mass is 320 g/mol. The van der Waals surface area contributed by atoms with E-state index in [1.54, 1.807) is 0 Å². The number of carbonyl (C=O) groups is 1. The molecule has 8 nitrogen and oxygen atoms in total. The summed E-state index contributed by atoms with van der Waals surface area (Å²) in [6.07, 6.45) is 1.59. The number of nitrogens with one attached hydrogen (secondary N) is 2. The Kier molecular flexibility index (Phi) is 4.04. The molecule has 2 aromatic heterocycles. The fourth-order valence-electron chi connectivity index (χ4n) is 1.86. The molecule has 0 spiro atoms. The van der Waals surface area contributed by atoms with Gasteiger partial charge in [-0.3, -0.25) is 10.1 Å². The Hall–Kier alpha value is -3.17. The number of oxazole rings is 1. The lowest BCUT2D eigenvalue weighted by molar-refractivity contribution is -0.116. The van der Waals surface area contributed by atoms with E-state index in [9.17, 15) is 13.6 Å². The van der Waals surface area contributed by atoms with Crippen LogP contribution in [0.15, 0.2) is 28.8 Å². The predicted molar refractivity (Wildman–Crippen MR) is 73.0 cm³/mol. The number of H-pyrrole nitrogens is 1. The van der Waals surface area contributed by atoms with Gasteiger partial charge in [-0.2, -0.15) is 5.21 Å². The molecule has 3 rings (SSSR count). The number of aryl methyl sites for hydroxylation is 1. The highest BCUT2D eigenvalue weighted by atomic mass is 19.1. The van der Waals surface area contributed by atoms with Gasteiger partial charge in [0.1, 0.15) is 11.6 Å². The van der Waals surface area contributed by atoms with Crippen molar-refractivity contribution in [2.45, 2.75) is 12.8 Å². The number of aromatic nitrogens is 5. The number of nitrogens with zero attached hydrogens (tertiary/aromatic N) is 4. The average molecular weight is 320 g/mol. The van der Waals surface area contributed by atoms with E-state index in [1.807, 2.05) is 0 Å². The number of amides is 1. The van der Waals surface area contributed by atoms with Gasteiger partial charge in [-0.15, -0.1) is 5.10 Å². The normalized spacial score (nSPS) is 10.7. The quantitative estimate of drug-likeness (QED) is 0.740. The molecule has 118 valence electrons. The van der Waals surface area contributed by atoms with Gasteiger partial charge in [0.05, 0.1) is 11.8 Å². The topological polar surface area (TPSA) is 110 Å². The molecule has 0 fully saturated rings. The van der Waals surface area contributed by atoms with Crippen molar-refractivity contribution in [2.24, 2.45) is 0 Å². The van der Waals surface area contributed by atoms with Gasteiger partial charge in [0.25, 0.3) is 5.95 Å². The number of rotatable bonds is 5. The van der Waals surface area contributed by atoms with Crippen molar-refractivity contribution in [1.82, 2.24) is 25.6 Å². The molecule has 0 atom stereocenters. The van der Waals surface area contributed by atoms with Crippen molar-refractivity contribution in [3.05, 3.63) is 41.9 Å². The van der Waals surface area contributed by atoms with Crippen molar-refractivity contribution in [3.8, 4) is 11.3 Å². The Labute approximate surface area is 127 Å². The Morgan fingerprint density at radius 3 is 2.96 bits per heavy atom. The number of hydrogen-bond acceptors (Lipinski definition) is 6. The summed E-state index contributed by atoms with van der Waals surface area (Å²) < 4.78 is 31.9. The molecule has 0 bridgehead atoms. The third kappa shape index (κ3) is 3.54. The summed E-state index contributed by atoms with van der Waals surface area (Å²) in [5.74, 6) is -1.29. The Morgan fingerprint density at radius 1 is 1.35 bits per heavy atom. The SMILES string of the molecule is O=C(CCc1ncc(-c2ccc(F)cc2F)o1)Nc1nn[nH]n1. The van der Waals surface area contributed by atoms with Crippen molar-refractivity contribution in [1.29, 1.82) is 0 Å². The molecule has 0 radical (unpaired) electrons. The molecule has 0 aliphatic carbocycles. The minimum absolute atomic E-state index is 0.0662. The van der Waals surface area contributed by atoms with E-state index >= 15 is 0 Å². The molecule has 1 aromatic carbocycles. The second kappa shape index (κ2) is 6.30. The first kappa shape index (κ1) is 14.8. The molecule has 0 saturated heterocycles. The predicted octanol–water partition coefficient (Wildman–Crippen LogP) is 1.70. The summed E-state index contributed by atoms with van der Waals surface area (Å²) in [7, 11) is 0. The maximum Gasteiger partial charge on any atom is 0.269 e. The van der Waals surface area contributed by atoms with Gasteiger partial charge < -0.3 is 4.42 Å². The van der Waals surface area contributed by atoms with Crippen LogP contribution in [0.25, 0.3) is 11.3 Å². The van der Waals surface area contributed by atoms with E-state index in [0.29, 0.717) is 0 Å². The third-order valence-corrected chi connectivity index (χ3v) is 2.91. The number of hydrogen-bond donors (Lipinski definition) is 2. The van der Waals surface area contributed by atoms with E-state index in [1.165, 1.54) is 12.3 Å². The highest BCUT2D eigenvalue weighted by Crippen LogP contribution is 2.24. The summed E-state index contributed by atoms with van der Waals surface area (Å²) in [4.78, 5) is 15.6. The summed E-state index contributed by atoms with van der Waals surface area (Å²) >= 11 is 0. The summed E-state index contributed by atoms with van der Waals surface area (Å²) in [6, 6.07) is 3.15. The number of halogens is 2. The van der Waals surface area contributed by atoms with E-state index in [-0.39, 0.29) is 41.9 Å². The van der Waals surface area contributed by atoms with Crippen LogP contribution < -0.4 is 5.32 Å². The minimum Gasteiger partial charge on any atom is -0.441 e. The molecule has 0 saturated carbocycles. The van der Waals surface area contributed by atoms with Gasteiger partial charge in [-0.25, -0.2) is 13.8 Å². The Balaban J connectivity index is 1.62. The molecule has 1 amide bonds.